The molecule has 4 fully saturated rings. The van der Waals surface area contributed by atoms with E-state index in [1.165, 1.54) is 19.3 Å². The maximum Gasteiger partial charge on any atom is 0.231 e. The smallest absolute Gasteiger partial charge is 0.231 e. The SMILES string of the molecule is COc1cccc2c(C)cc(-n3nc(C)cc3NC(=O)C34CC5CC(CC(C5)C3)C4)nc12. The molecule has 1 amide bonds. The second-order valence-corrected chi connectivity index (χ2v) is 10.4. The standard InChI is InChI=1S/C26H30N4O2/c1-15-7-22(27-24-20(15)5-4-6-21(24)32-3)30-23(8-16(2)29-30)28-25(31)26-12-17-9-18(13-26)11-19(10-17)14-26/h4-8,17-19H,9-14H2,1-3H3,(H,28,31). The lowest BCUT2D eigenvalue weighted by molar-refractivity contribution is -0.140. The summed E-state index contributed by atoms with van der Waals surface area (Å²) in [6, 6.07) is 9.91. The van der Waals surface area contributed by atoms with Crippen molar-refractivity contribution in [2.24, 2.45) is 23.2 Å². The number of methoxy groups -OCH3 is 1. The number of aryl methyl sites for hydroxylation is 2. The van der Waals surface area contributed by atoms with Crippen molar-refractivity contribution >= 4 is 22.6 Å². The summed E-state index contributed by atoms with van der Waals surface area (Å²) in [6.07, 6.45) is 7.11. The van der Waals surface area contributed by atoms with Gasteiger partial charge in [-0.1, -0.05) is 12.1 Å². The lowest BCUT2D eigenvalue weighted by Gasteiger charge is -2.55. The maximum atomic E-state index is 13.6. The molecule has 4 saturated carbocycles. The number of amides is 1. The minimum absolute atomic E-state index is 0.174. The van der Waals surface area contributed by atoms with Crippen LogP contribution in [0.25, 0.3) is 16.7 Å². The molecule has 0 radical (unpaired) electrons. The Morgan fingerprint density at radius 1 is 1.09 bits per heavy atom. The minimum atomic E-state index is -0.201. The van der Waals surface area contributed by atoms with Crippen LogP contribution in [0.15, 0.2) is 30.3 Å². The highest BCUT2D eigenvalue weighted by Gasteiger charge is 2.54. The van der Waals surface area contributed by atoms with E-state index in [9.17, 15) is 4.79 Å². The zero-order chi connectivity index (χ0) is 22.0. The quantitative estimate of drug-likeness (QED) is 0.618. The van der Waals surface area contributed by atoms with Crippen molar-refractivity contribution in [2.75, 3.05) is 12.4 Å². The van der Waals surface area contributed by atoms with Gasteiger partial charge in [0.05, 0.1) is 18.2 Å². The molecule has 2 aromatic heterocycles. The average Bonchev–Trinajstić information content (AvgIpc) is 3.12. The van der Waals surface area contributed by atoms with Crippen molar-refractivity contribution in [1.29, 1.82) is 0 Å². The predicted molar refractivity (Wildman–Crippen MR) is 124 cm³/mol. The van der Waals surface area contributed by atoms with Gasteiger partial charge in [0.25, 0.3) is 0 Å². The van der Waals surface area contributed by atoms with Crippen molar-refractivity contribution in [3.8, 4) is 11.6 Å². The number of hydrogen-bond acceptors (Lipinski definition) is 4. The molecule has 0 spiro atoms. The van der Waals surface area contributed by atoms with Crippen molar-refractivity contribution in [3.63, 3.8) is 0 Å². The molecule has 4 aliphatic rings. The first-order chi connectivity index (χ1) is 15.4. The third-order valence-corrected chi connectivity index (χ3v) is 8.03. The number of nitrogens with zero attached hydrogens (tertiary/aromatic N) is 3. The van der Waals surface area contributed by atoms with Gasteiger partial charge in [0.2, 0.25) is 5.91 Å². The molecule has 32 heavy (non-hydrogen) atoms. The van der Waals surface area contributed by atoms with Crippen LogP contribution in [-0.4, -0.2) is 27.8 Å². The third-order valence-electron chi connectivity index (χ3n) is 8.03. The molecule has 0 unspecified atom stereocenters. The van der Waals surface area contributed by atoms with Crippen LogP contribution < -0.4 is 10.1 Å². The molecule has 0 saturated heterocycles. The van der Waals surface area contributed by atoms with Gasteiger partial charge >= 0.3 is 0 Å². The number of anilines is 1. The topological polar surface area (TPSA) is 69.0 Å². The van der Waals surface area contributed by atoms with Crippen LogP contribution in [-0.2, 0) is 4.79 Å². The van der Waals surface area contributed by atoms with Gasteiger partial charge in [-0.15, -0.1) is 0 Å². The Hall–Kier alpha value is -2.89. The molecule has 7 rings (SSSR count). The summed E-state index contributed by atoms with van der Waals surface area (Å²) in [4.78, 5) is 18.5. The average molecular weight is 431 g/mol. The summed E-state index contributed by atoms with van der Waals surface area (Å²) in [5.41, 5.74) is 2.55. The molecule has 4 aliphatic carbocycles. The minimum Gasteiger partial charge on any atom is -0.494 e. The number of ether oxygens (including phenoxy) is 1. The van der Waals surface area contributed by atoms with E-state index in [4.69, 9.17) is 9.72 Å². The van der Waals surface area contributed by atoms with Crippen molar-refractivity contribution in [1.82, 2.24) is 14.8 Å². The van der Waals surface area contributed by atoms with Gasteiger partial charge in [-0.2, -0.15) is 9.78 Å². The van der Waals surface area contributed by atoms with E-state index in [0.29, 0.717) is 11.6 Å². The molecule has 3 aromatic rings. The zero-order valence-corrected chi connectivity index (χ0v) is 19.0. The summed E-state index contributed by atoms with van der Waals surface area (Å²) >= 11 is 0. The van der Waals surface area contributed by atoms with E-state index in [0.717, 1.165) is 64.9 Å². The first-order valence-corrected chi connectivity index (χ1v) is 11.8. The van der Waals surface area contributed by atoms with Crippen LogP contribution >= 0.6 is 0 Å². The number of carbonyl (C=O) groups excluding carboxylic acids is 1. The lowest BCUT2D eigenvalue weighted by atomic mass is 9.49. The fourth-order valence-electron chi connectivity index (χ4n) is 7.05. The van der Waals surface area contributed by atoms with Gasteiger partial charge in [-0.25, -0.2) is 4.98 Å². The van der Waals surface area contributed by atoms with Crippen LogP contribution in [0.4, 0.5) is 5.82 Å². The summed E-state index contributed by atoms with van der Waals surface area (Å²) in [5.74, 6) is 4.49. The van der Waals surface area contributed by atoms with Crippen molar-refractivity contribution in [3.05, 3.63) is 41.6 Å². The first-order valence-electron chi connectivity index (χ1n) is 11.8. The number of pyridine rings is 1. The number of fused-ring (bicyclic) bond motifs is 1. The Kier molecular flexibility index (Phi) is 4.36. The fourth-order valence-corrected chi connectivity index (χ4v) is 7.05. The highest BCUT2D eigenvalue weighted by molar-refractivity contribution is 5.95. The predicted octanol–water partition coefficient (Wildman–Crippen LogP) is 5.20. The van der Waals surface area contributed by atoms with Crippen LogP contribution in [0, 0.1) is 37.0 Å². The molecule has 0 aliphatic heterocycles. The second kappa shape index (κ2) is 7.06. The van der Waals surface area contributed by atoms with Gasteiger partial charge < -0.3 is 10.1 Å². The summed E-state index contributed by atoms with van der Waals surface area (Å²) < 4.78 is 7.32. The van der Waals surface area contributed by atoms with E-state index in [2.05, 4.69) is 17.3 Å². The lowest BCUT2D eigenvalue weighted by Crippen LogP contribution is -2.51. The molecular formula is C26H30N4O2. The number of rotatable bonds is 4. The van der Waals surface area contributed by atoms with Crippen molar-refractivity contribution in [2.45, 2.75) is 52.4 Å². The molecule has 1 aromatic carbocycles. The Labute approximate surface area is 188 Å². The molecule has 166 valence electrons. The fraction of sp³-hybridized carbons (Fsp3) is 0.500. The van der Waals surface area contributed by atoms with E-state index < -0.39 is 0 Å². The van der Waals surface area contributed by atoms with Crippen LogP contribution in [0.3, 0.4) is 0 Å². The van der Waals surface area contributed by atoms with Gasteiger partial charge in [-0.05, 0) is 87.8 Å². The molecule has 2 heterocycles. The Bertz CT molecular complexity index is 1190. The number of aromatic nitrogens is 3. The van der Waals surface area contributed by atoms with Gasteiger partial charge in [0.1, 0.15) is 17.1 Å². The number of para-hydroxylation sites is 1. The molecular weight excluding hydrogens is 400 g/mol. The monoisotopic (exact) mass is 430 g/mol. The summed E-state index contributed by atoms with van der Waals surface area (Å²) in [7, 11) is 1.66. The molecule has 6 nitrogen and oxygen atoms in total. The van der Waals surface area contributed by atoms with E-state index in [-0.39, 0.29) is 11.3 Å². The first kappa shape index (κ1) is 19.8. The molecule has 0 atom stereocenters. The van der Waals surface area contributed by atoms with Gasteiger partial charge in [0.15, 0.2) is 5.82 Å². The Morgan fingerprint density at radius 3 is 2.44 bits per heavy atom. The van der Waals surface area contributed by atoms with Crippen LogP contribution in [0.2, 0.25) is 0 Å². The van der Waals surface area contributed by atoms with Gasteiger partial charge in [-0.3, -0.25) is 4.79 Å². The van der Waals surface area contributed by atoms with E-state index in [1.807, 2.05) is 37.3 Å². The highest BCUT2D eigenvalue weighted by Crippen LogP contribution is 2.60. The van der Waals surface area contributed by atoms with Gasteiger partial charge in [0, 0.05) is 11.5 Å². The molecule has 6 heteroatoms. The van der Waals surface area contributed by atoms with E-state index >= 15 is 0 Å². The van der Waals surface area contributed by atoms with E-state index in [1.54, 1.807) is 11.8 Å². The number of carbonyl (C=O) groups is 1. The Morgan fingerprint density at radius 2 is 1.78 bits per heavy atom. The molecule has 1 N–H and O–H groups in total. The zero-order valence-electron chi connectivity index (χ0n) is 19.0. The maximum absolute atomic E-state index is 13.6. The number of hydrogen-bond donors (Lipinski definition) is 1. The number of nitrogens with one attached hydrogen (secondary N) is 1. The Balaban J connectivity index is 1.37. The van der Waals surface area contributed by atoms with Crippen LogP contribution in [0.5, 0.6) is 5.75 Å². The highest BCUT2D eigenvalue weighted by atomic mass is 16.5. The third kappa shape index (κ3) is 3.03. The van der Waals surface area contributed by atoms with Crippen molar-refractivity contribution < 1.29 is 9.53 Å². The summed E-state index contributed by atoms with van der Waals surface area (Å²) in [5, 5.41) is 9.01. The normalized spacial score (nSPS) is 28.3. The largest absolute Gasteiger partial charge is 0.494 e. The molecule has 4 bridgehead atoms. The number of benzene rings is 1. The summed E-state index contributed by atoms with van der Waals surface area (Å²) in [6.45, 7) is 4.02. The van der Waals surface area contributed by atoms with Crippen LogP contribution in [0.1, 0.15) is 49.8 Å². The second-order valence-electron chi connectivity index (χ2n) is 10.4.